The molecular weight excluding hydrogens is 1720 g/mol. The molecule has 0 atom stereocenters. The molecule has 0 bridgehead atoms. The van der Waals surface area contributed by atoms with Crippen molar-refractivity contribution in [3.05, 3.63) is 298 Å². The summed E-state index contributed by atoms with van der Waals surface area (Å²) in [5.74, 6) is 0. The summed E-state index contributed by atoms with van der Waals surface area (Å²) in [4.78, 5) is 3.11. The van der Waals surface area contributed by atoms with E-state index in [1.54, 1.807) is 0 Å². The van der Waals surface area contributed by atoms with Crippen LogP contribution in [0.3, 0.4) is 0 Å². The minimum absolute atomic E-state index is 0. The molecule has 16 rings (SSSR count). The molecule has 8 aliphatic rings. The third kappa shape index (κ3) is 34.0. The molecule has 0 saturated carbocycles. The van der Waals surface area contributed by atoms with Crippen LogP contribution in [0.15, 0.2) is 248 Å². The Morgan fingerprint density at radius 3 is 0.515 bits per heavy atom. The standard InChI is InChI=1S/C49H59N3O14.C49H61NO14.Al.Li.4H/c50-52-51-39(21-53-40(23-55-42-27-59-46(60-28-42)35-13-5-1-6-14-35)24-56-43-29-61-47(62-30-43)36-15-7-2-8-16-36)22-54-41(25-57-44-31-63-48(64-32-44)37-17-9-3-10-18-37)26-58-45-33-65-49(66-34-45)38-19-11-4-12-20-38;50-39(21-51-40(23-53-42-27-57-46(58-28-42)35-13-5-1-6-14-35)24-54-43-29-59-47(60-30-43)36-15-7-2-8-16-36)22-52-41(25-55-44-31-61-48(62-32-44)37-17-9-3-10-18-37)26-56-45-33-63-49(64-34-45)38-19-11-4-12-20-38;;;;;;/h1-20,39-49H,21-34H2;1-20,39-49H,21-34,50H2;;;;;;/q;;;+1;;;;-1. The molecule has 132 heavy (non-hydrogen) atoms. The van der Waals surface area contributed by atoms with Gasteiger partial charge in [-0.15, -0.1) is 0 Å². The summed E-state index contributed by atoms with van der Waals surface area (Å²) in [7, 11) is 0. The molecule has 0 aromatic heterocycles. The number of nitrogens with zero attached hydrogens (tertiary/aromatic N) is 3. The number of azide groups is 1. The maximum atomic E-state index is 9.61. The van der Waals surface area contributed by atoms with Gasteiger partial charge in [-0.05, 0) is 5.53 Å². The van der Waals surface area contributed by atoms with Crippen molar-refractivity contribution in [3.63, 3.8) is 0 Å². The van der Waals surface area contributed by atoms with Gasteiger partial charge in [0.2, 0.25) is 0 Å². The zero-order chi connectivity index (χ0) is 88.6. The van der Waals surface area contributed by atoms with E-state index in [9.17, 15) is 5.53 Å². The van der Waals surface area contributed by atoms with Crippen LogP contribution >= 0.6 is 0 Å². The maximum Gasteiger partial charge on any atom is 1.00 e. The van der Waals surface area contributed by atoms with Gasteiger partial charge in [-0.2, -0.15) is 0 Å². The largest absolute Gasteiger partial charge is 1.00 e. The first-order valence-corrected chi connectivity index (χ1v) is 44.7. The van der Waals surface area contributed by atoms with Crippen LogP contribution in [-0.2, 0) is 133 Å². The number of nitrogens with two attached hydrogens (primary N) is 1. The van der Waals surface area contributed by atoms with Crippen molar-refractivity contribution >= 4 is 17.4 Å². The molecular formula is C98H124AlLiN4O28. The predicted molar refractivity (Wildman–Crippen MR) is 478 cm³/mol. The molecule has 8 saturated heterocycles. The van der Waals surface area contributed by atoms with Gasteiger partial charge in [0.25, 0.3) is 0 Å². The van der Waals surface area contributed by atoms with Gasteiger partial charge in [-0.1, -0.05) is 248 Å². The average molecular weight is 1840 g/mol. The minimum Gasteiger partial charge on any atom is -1.00 e. The minimum atomic E-state index is -0.720. The van der Waals surface area contributed by atoms with Crippen LogP contribution in [0.4, 0.5) is 0 Å². The van der Waals surface area contributed by atoms with Gasteiger partial charge >= 0.3 is 18.9 Å². The van der Waals surface area contributed by atoms with Crippen LogP contribution in [0.25, 0.3) is 10.4 Å². The van der Waals surface area contributed by atoms with Crippen molar-refractivity contribution in [1.82, 2.24) is 0 Å². The van der Waals surface area contributed by atoms with Gasteiger partial charge in [0, 0.05) is 49.4 Å². The molecule has 32 nitrogen and oxygen atoms in total. The molecule has 8 aromatic rings. The Balaban J connectivity index is 0.000000235. The summed E-state index contributed by atoms with van der Waals surface area (Å²) in [6.45, 7) is 7.47. The van der Waals surface area contributed by atoms with Gasteiger partial charge < -0.3 is 140 Å². The molecule has 34 heteroatoms. The second kappa shape index (κ2) is 57.3. The average Bonchev–Trinajstić information content (AvgIpc) is 0.894. The first-order valence-electron chi connectivity index (χ1n) is 44.7. The van der Waals surface area contributed by atoms with Crippen LogP contribution in [0, 0.1) is 0 Å². The van der Waals surface area contributed by atoms with E-state index in [1.807, 2.05) is 243 Å². The smallest absolute Gasteiger partial charge is 1.00 e. The van der Waals surface area contributed by atoms with Crippen LogP contribution in [0.2, 0.25) is 0 Å². The van der Waals surface area contributed by atoms with Crippen molar-refractivity contribution in [3.8, 4) is 0 Å². The Kier molecular flexibility index (Phi) is 44.5. The molecule has 8 aromatic carbocycles. The van der Waals surface area contributed by atoms with Crippen LogP contribution in [-0.4, -0.2) is 288 Å². The van der Waals surface area contributed by atoms with Gasteiger partial charge in [0.1, 0.15) is 73.2 Å². The molecule has 8 aliphatic heterocycles. The molecule has 0 aliphatic carbocycles. The van der Waals surface area contributed by atoms with Gasteiger partial charge in [-0.3, -0.25) is 0 Å². The molecule has 2 N–H and O–H groups in total. The topological polar surface area (TPSA) is 333 Å². The quantitative estimate of drug-likeness (QED) is 0.0162. The number of hydrogen-bond donors (Lipinski definition) is 1. The fraction of sp³-hybridized carbons (Fsp3) is 0.510. The fourth-order valence-corrected chi connectivity index (χ4v) is 14.9. The molecule has 0 spiro atoms. The van der Waals surface area contributed by atoms with Crippen LogP contribution in [0.5, 0.6) is 0 Å². The molecule has 708 valence electrons. The van der Waals surface area contributed by atoms with Crippen molar-refractivity contribution in [2.45, 2.75) is 136 Å². The molecule has 8 heterocycles. The third-order valence-corrected chi connectivity index (χ3v) is 22.0. The zero-order valence-electron chi connectivity index (χ0n) is 74.9. The van der Waals surface area contributed by atoms with E-state index in [4.69, 9.17) is 138 Å². The normalized spacial score (nSPS) is 27.2. The summed E-state index contributed by atoms with van der Waals surface area (Å²) in [6.07, 6.45) is -8.20. The second-order valence-corrected chi connectivity index (χ2v) is 32.4. The van der Waals surface area contributed by atoms with E-state index >= 15 is 0 Å². The number of benzene rings is 8. The van der Waals surface area contributed by atoms with Crippen molar-refractivity contribution < 1.29 is 153 Å². The first-order chi connectivity index (χ1) is 64.3. The number of ether oxygens (including phenoxy) is 28. The van der Waals surface area contributed by atoms with E-state index in [0.29, 0.717) is 106 Å². The monoisotopic (exact) mass is 1840 g/mol. The van der Waals surface area contributed by atoms with Crippen molar-refractivity contribution in [2.75, 3.05) is 185 Å². The molecule has 8 fully saturated rings. The first kappa shape index (κ1) is 102. The molecule has 0 amide bonds. The Hall–Kier alpha value is -6.96. The van der Waals surface area contributed by atoms with E-state index in [2.05, 4.69) is 10.0 Å². The maximum absolute atomic E-state index is 9.61. The van der Waals surface area contributed by atoms with Crippen LogP contribution in [0.1, 0.15) is 96.3 Å². The van der Waals surface area contributed by atoms with Crippen LogP contribution < -0.4 is 24.6 Å². The van der Waals surface area contributed by atoms with E-state index in [-0.39, 0.29) is 166 Å². The summed E-state index contributed by atoms with van der Waals surface area (Å²) < 4.78 is 171. The number of hydrogen-bond acceptors (Lipinski definition) is 30. The van der Waals surface area contributed by atoms with Gasteiger partial charge in [0.15, 0.2) is 67.7 Å². The summed E-state index contributed by atoms with van der Waals surface area (Å²) in [6, 6.07) is 77.2. The van der Waals surface area contributed by atoms with Crippen molar-refractivity contribution in [1.29, 1.82) is 0 Å². The number of rotatable bonds is 45. The fourth-order valence-electron chi connectivity index (χ4n) is 14.9. The second-order valence-electron chi connectivity index (χ2n) is 32.4. The summed E-state index contributed by atoms with van der Waals surface area (Å²) in [5.41, 5.74) is 23.8. The Morgan fingerprint density at radius 2 is 0.379 bits per heavy atom. The third-order valence-electron chi connectivity index (χ3n) is 22.0. The van der Waals surface area contributed by atoms with Crippen molar-refractivity contribution in [2.24, 2.45) is 10.8 Å². The van der Waals surface area contributed by atoms with Gasteiger partial charge in [0.05, 0.1) is 197 Å². The Labute approximate surface area is 794 Å². The Morgan fingerprint density at radius 1 is 0.242 bits per heavy atom. The summed E-state index contributed by atoms with van der Waals surface area (Å²) >= 11 is 0. The molecule has 0 radical (unpaired) electrons. The van der Waals surface area contributed by atoms with E-state index in [1.165, 1.54) is 0 Å². The predicted octanol–water partition coefficient (Wildman–Crippen LogP) is 8.50. The zero-order valence-corrected chi connectivity index (χ0v) is 73.9. The summed E-state index contributed by atoms with van der Waals surface area (Å²) in [5, 5.41) is 4.02. The SMILES string of the molecule is NC(COC(COC1COC(c2ccccc2)OC1)COC1COC(c2ccccc2)OC1)COC(COC1COC(c2ccccc2)OC1)COC1COC(c2ccccc2)OC1.[AlH3].[H-].[Li+].[N-]=[N+]=NC(COC(COC1COC(c2ccccc2)OC1)COC1COC(c2ccccc2)OC1)COC(COC1COC(c2ccccc2)OC1)COC1COC(c2ccccc2)OC1. The Bertz CT molecular complexity index is 3870. The molecule has 0 unspecified atom stereocenters. The van der Waals surface area contributed by atoms with E-state index < -0.39 is 86.8 Å². The van der Waals surface area contributed by atoms with Gasteiger partial charge in [-0.25, -0.2) is 0 Å². The van der Waals surface area contributed by atoms with E-state index in [0.717, 1.165) is 44.5 Å².